The lowest BCUT2D eigenvalue weighted by Crippen LogP contribution is -2.46. The topological polar surface area (TPSA) is 41.5 Å². The van der Waals surface area contributed by atoms with Crippen LogP contribution in [0.4, 0.5) is 14.7 Å². The molecule has 5 nitrogen and oxygen atoms in total. The fourth-order valence-electron chi connectivity index (χ4n) is 2.60. The molecular formula is C16H18F2N4O. The van der Waals surface area contributed by atoms with Crippen LogP contribution in [0, 0.1) is 0 Å². The lowest BCUT2D eigenvalue weighted by Gasteiger charge is -2.34. The Hall–Kier alpha value is -2.28. The van der Waals surface area contributed by atoms with Crippen molar-refractivity contribution < 1.29 is 13.5 Å². The summed E-state index contributed by atoms with van der Waals surface area (Å²) in [5.74, 6) is 0.954. The molecule has 0 bridgehead atoms. The Kier molecular flexibility index (Phi) is 4.97. The second kappa shape index (κ2) is 7.32. The van der Waals surface area contributed by atoms with E-state index in [1.807, 2.05) is 12.1 Å². The van der Waals surface area contributed by atoms with Crippen LogP contribution in [0.3, 0.4) is 0 Å². The van der Waals surface area contributed by atoms with Gasteiger partial charge in [-0.25, -0.2) is 9.97 Å². The van der Waals surface area contributed by atoms with E-state index in [1.165, 1.54) is 0 Å². The first-order valence-corrected chi connectivity index (χ1v) is 7.49. The van der Waals surface area contributed by atoms with E-state index in [-0.39, 0.29) is 5.75 Å². The van der Waals surface area contributed by atoms with Gasteiger partial charge in [0.25, 0.3) is 0 Å². The molecule has 7 heteroatoms. The molecule has 0 atom stereocenters. The zero-order valence-electron chi connectivity index (χ0n) is 12.6. The molecular weight excluding hydrogens is 302 g/mol. The number of halogens is 2. The third kappa shape index (κ3) is 4.35. The third-order valence-electron chi connectivity index (χ3n) is 3.76. The van der Waals surface area contributed by atoms with E-state index in [1.54, 1.807) is 30.6 Å². The van der Waals surface area contributed by atoms with Gasteiger partial charge in [0.1, 0.15) is 5.75 Å². The van der Waals surface area contributed by atoms with E-state index in [0.717, 1.165) is 44.2 Å². The molecule has 2 aromatic rings. The van der Waals surface area contributed by atoms with Crippen LogP contribution in [0.2, 0.25) is 0 Å². The fraction of sp³-hybridized carbons (Fsp3) is 0.375. The summed E-state index contributed by atoms with van der Waals surface area (Å²) < 4.78 is 28.6. The molecule has 1 aromatic carbocycles. The average Bonchev–Trinajstić information content (AvgIpc) is 2.58. The Morgan fingerprint density at radius 3 is 2.26 bits per heavy atom. The molecule has 122 valence electrons. The number of benzene rings is 1. The largest absolute Gasteiger partial charge is 0.435 e. The lowest BCUT2D eigenvalue weighted by molar-refractivity contribution is -0.0498. The Balaban J connectivity index is 1.50. The molecule has 0 spiro atoms. The number of ether oxygens (including phenoxy) is 1. The van der Waals surface area contributed by atoms with Crippen LogP contribution in [-0.4, -0.2) is 47.7 Å². The lowest BCUT2D eigenvalue weighted by atomic mass is 10.2. The molecule has 0 N–H and O–H groups in total. The van der Waals surface area contributed by atoms with E-state index in [4.69, 9.17) is 0 Å². The summed E-state index contributed by atoms with van der Waals surface area (Å²) >= 11 is 0. The van der Waals surface area contributed by atoms with Crippen molar-refractivity contribution in [3.05, 3.63) is 48.3 Å². The average molecular weight is 320 g/mol. The van der Waals surface area contributed by atoms with E-state index >= 15 is 0 Å². The van der Waals surface area contributed by atoms with E-state index in [9.17, 15) is 8.78 Å². The number of hydrogen-bond acceptors (Lipinski definition) is 5. The van der Waals surface area contributed by atoms with Crippen molar-refractivity contribution in [2.24, 2.45) is 0 Å². The summed E-state index contributed by atoms with van der Waals surface area (Å²) in [4.78, 5) is 13.0. The van der Waals surface area contributed by atoms with Gasteiger partial charge in [0.2, 0.25) is 5.95 Å². The van der Waals surface area contributed by atoms with Crippen molar-refractivity contribution in [3.63, 3.8) is 0 Å². The summed E-state index contributed by atoms with van der Waals surface area (Å²) in [5, 5.41) is 0. The Labute approximate surface area is 133 Å². The van der Waals surface area contributed by atoms with Gasteiger partial charge in [-0.15, -0.1) is 0 Å². The molecule has 0 amide bonds. The SMILES string of the molecule is FC(F)Oc1ccc(CN2CCN(c3ncccn3)CC2)cc1. The minimum atomic E-state index is -2.78. The Morgan fingerprint density at radius 2 is 1.65 bits per heavy atom. The number of nitrogens with zero attached hydrogens (tertiary/aromatic N) is 4. The second-order valence-electron chi connectivity index (χ2n) is 5.33. The number of hydrogen-bond donors (Lipinski definition) is 0. The van der Waals surface area contributed by atoms with Crippen molar-refractivity contribution >= 4 is 5.95 Å². The van der Waals surface area contributed by atoms with Gasteiger partial charge in [-0.1, -0.05) is 12.1 Å². The molecule has 1 saturated heterocycles. The summed E-state index contributed by atoms with van der Waals surface area (Å²) in [7, 11) is 0. The van der Waals surface area contributed by atoms with Crippen molar-refractivity contribution in [3.8, 4) is 5.75 Å². The van der Waals surface area contributed by atoms with Crippen molar-refractivity contribution in [2.45, 2.75) is 13.2 Å². The van der Waals surface area contributed by atoms with Crippen molar-refractivity contribution in [1.29, 1.82) is 0 Å². The van der Waals surface area contributed by atoms with Crippen molar-refractivity contribution in [2.75, 3.05) is 31.1 Å². The maximum atomic E-state index is 12.1. The zero-order valence-corrected chi connectivity index (χ0v) is 12.6. The van der Waals surface area contributed by atoms with Gasteiger partial charge in [0, 0.05) is 45.1 Å². The normalized spacial score (nSPS) is 15.9. The number of anilines is 1. The maximum Gasteiger partial charge on any atom is 0.387 e. The predicted octanol–water partition coefficient (Wildman–Crippen LogP) is 2.40. The molecule has 1 fully saturated rings. The number of rotatable bonds is 5. The molecule has 1 aromatic heterocycles. The van der Waals surface area contributed by atoms with Gasteiger partial charge in [-0.05, 0) is 23.8 Å². The standard InChI is InChI=1S/C16H18F2N4O/c17-15(18)23-14-4-2-13(3-5-14)12-21-8-10-22(11-9-21)16-19-6-1-7-20-16/h1-7,15H,8-12H2. The van der Waals surface area contributed by atoms with Gasteiger partial charge in [0.15, 0.2) is 0 Å². The van der Waals surface area contributed by atoms with Crippen LogP contribution >= 0.6 is 0 Å². The highest BCUT2D eigenvalue weighted by molar-refractivity contribution is 5.30. The van der Waals surface area contributed by atoms with Gasteiger partial charge in [-0.3, -0.25) is 4.90 Å². The van der Waals surface area contributed by atoms with Gasteiger partial charge in [-0.2, -0.15) is 8.78 Å². The molecule has 23 heavy (non-hydrogen) atoms. The molecule has 0 unspecified atom stereocenters. The first-order chi connectivity index (χ1) is 11.2. The van der Waals surface area contributed by atoms with E-state index < -0.39 is 6.61 Å². The summed E-state index contributed by atoms with van der Waals surface area (Å²) in [6.45, 7) is 1.57. The zero-order chi connectivity index (χ0) is 16.1. The number of aromatic nitrogens is 2. The predicted molar refractivity (Wildman–Crippen MR) is 82.6 cm³/mol. The summed E-state index contributed by atoms with van der Waals surface area (Å²) in [5.41, 5.74) is 1.08. The molecule has 1 aliphatic heterocycles. The molecule has 0 aliphatic carbocycles. The Bertz CT molecular complexity index is 601. The maximum absolute atomic E-state index is 12.1. The first kappa shape index (κ1) is 15.6. The molecule has 0 radical (unpaired) electrons. The summed E-state index contributed by atoms with van der Waals surface area (Å²) in [6, 6.07) is 8.61. The minimum Gasteiger partial charge on any atom is -0.435 e. The molecule has 3 rings (SSSR count). The highest BCUT2D eigenvalue weighted by Crippen LogP contribution is 2.17. The van der Waals surface area contributed by atoms with Crippen LogP contribution in [0.5, 0.6) is 5.75 Å². The monoisotopic (exact) mass is 320 g/mol. The van der Waals surface area contributed by atoms with Crippen LogP contribution in [-0.2, 0) is 6.54 Å². The minimum absolute atomic E-state index is 0.190. The number of alkyl halides is 2. The van der Waals surface area contributed by atoms with E-state index in [2.05, 4.69) is 24.5 Å². The van der Waals surface area contributed by atoms with E-state index in [0.29, 0.717) is 0 Å². The van der Waals surface area contributed by atoms with Gasteiger partial charge in [0.05, 0.1) is 0 Å². The third-order valence-corrected chi connectivity index (χ3v) is 3.76. The first-order valence-electron chi connectivity index (χ1n) is 7.49. The summed E-state index contributed by atoms with van der Waals surface area (Å²) in [6.07, 6.45) is 3.50. The van der Waals surface area contributed by atoms with Gasteiger partial charge >= 0.3 is 6.61 Å². The highest BCUT2D eigenvalue weighted by Gasteiger charge is 2.18. The van der Waals surface area contributed by atoms with Crippen LogP contribution in [0.15, 0.2) is 42.7 Å². The quantitative estimate of drug-likeness (QED) is 0.846. The Morgan fingerprint density at radius 1 is 1.00 bits per heavy atom. The molecule has 2 heterocycles. The van der Waals surface area contributed by atoms with Crippen molar-refractivity contribution in [1.82, 2.24) is 14.9 Å². The molecule has 1 aliphatic rings. The van der Waals surface area contributed by atoms with Gasteiger partial charge < -0.3 is 9.64 Å². The fourth-order valence-corrected chi connectivity index (χ4v) is 2.60. The number of piperazine rings is 1. The highest BCUT2D eigenvalue weighted by atomic mass is 19.3. The second-order valence-corrected chi connectivity index (χ2v) is 5.33. The smallest absolute Gasteiger partial charge is 0.387 e. The molecule has 0 saturated carbocycles. The van der Waals surface area contributed by atoms with Crippen LogP contribution in [0.1, 0.15) is 5.56 Å². The van der Waals surface area contributed by atoms with Crippen LogP contribution < -0.4 is 9.64 Å². The van der Waals surface area contributed by atoms with Crippen LogP contribution in [0.25, 0.3) is 0 Å².